The SMILES string of the molecule is CC(C)C(CNC(=O)C1CCCC(NC(=O)OCC2c3ccccc3-c3ccccc32)C1)C(=O)O. The number of carbonyl (C=O) groups excluding carboxylic acids is 2. The highest BCUT2D eigenvalue weighted by atomic mass is 16.5. The number of carboxylic acid groups (broad SMARTS) is 1. The Morgan fingerprint density at radius 3 is 2.23 bits per heavy atom. The topological polar surface area (TPSA) is 105 Å². The third-order valence-corrected chi connectivity index (χ3v) is 7.33. The van der Waals surface area contributed by atoms with Crippen LogP contribution >= 0.6 is 0 Å². The molecule has 0 bridgehead atoms. The number of carbonyl (C=O) groups is 3. The van der Waals surface area contributed by atoms with Gasteiger partial charge < -0.3 is 20.5 Å². The van der Waals surface area contributed by atoms with Crippen LogP contribution in [0, 0.1) is 17.8 Å². The van der Waals surface area contributed by atoms with Crippen LogP contribution in [0.5, 0.6) is 0 Å². The zero-order chi connectivity index (χ0) is 24.9. The first-order valence-electron chi connectivity index (χ1n) is 12.5. The first kappa shape index (κ1) is 24.8. The number of ether oxygens (including phenoxy) is 1. The lowest BCUT2D eigenvalue weighted by atomic mass is 9.85. The van der Waals surface area contributed by atoms with Crippen molar-refractivity contribution >= 4 is 18.0 Å². The highest BCUT2D eigenvalue weighted by Crippen LogP contribution is 2.44. The molecule has 1 saturated carbocycles. The zero-order valence-corrected chi connectivity index (χ0v) is 20.3. The van der Waals surface area contributed by atoms with Crippen molar-refractivity contribution in [2.24, 2.45) is 17.8 Å². The molecule has 3 unspecified atom stereocenters. The van der Waals surface area contributed by atoms with Crippen LogP contribution in [0.25, 0.3) is 11.1 Å². The summed E-state index contributed by atoms with van der Waals surface area (Å²) in [4.78, 5) is 36.7. The molecule has 3 atom stereocenters. The van der Waals surface area contributed by atoms with Gasteiger partial charge in [0.2, 0.25) is 5.91 Å². The van der Waals surface area contributed by atoms with E-state index in [4.69, 9.17) is 4.74 Å². The summed E-state index contributed by atoms with van der Waals surface area (Å²) in [6, 6.07) is 16.3. The Bertz CT molecular complexity index is 1040. The fourth-order valence-electron chi connectivity index (χ4n) is 5.33. The lowest BCUT2D eigenvalue weighted by Gasteiger charge is -2.29. The Balaban J connectivity index is 1.29. The number of hydrogen-bond donors (Lipinski definition) is 3. The number of fused-ring (bicyclic) bond motifs is 3. The smallest absolute Gasteiger partial charge is 0.407 e. The first-order valence-corrected chi connectivity index (χ1v) is 12.5. The highest BCUT2D eigenvalue weighted by molar-refractivity contribution is 5.80. The summed E-state index contributed by atoms with van der Waals surface area (Å²) < 4.78 is 5.65. The Hall–Kier alpha value is -3.35. The number of alkyl carbamates (subject to hydrolysis) is 1. The third-order valence-electron chi connectivity index (χ3n) is 7.33. The van der Waals surface area contributed by atoms with E-state index in [0.29, 0.717) is 6.42 Å². The van der Waals surface area contributed by atoms with Crippen molar-refractivity contribution in [2.75, 3.05) is 13.2 Å². The van der Waals surface area contributed by atoms with Gasteiger partial charge in [-0.3, -0.25) is 9.59 Å². The fourth-order valence-corrected chi connectivity index (χ4v) is 5.33. The molecule has 2 aliphatic carbocycles. The van der Waals surface area contributed by atoms with Gasteiger partial charge in [-0.25, -0.2) is 4.79 Å². The Kier molecular flexibility index (Phi) is 7.73. The molecular weight excluding hydrogens is 444 g/mol. The van der Waals surface area contributed by atoms with E-state index in [-0.39, 0.29) is 42.9 Å². The molecule has 0 heterocycles. The van der Waals surface area contributed by atoms with Gasteiger partial charge in [-0.05, 0) is 47.4 Å². The number of aliphatic carboxylic acids is 1. The van der Waals surface area contributed by atoms with Crippen molar-refractivity contribution < 1.29 is 24.2 Å². The van der Waals surface area contributed by atoms with E-state index in [9.17, 15) is 19.5 Å². The van der Waals surface area contributed by atoms with Crippen LogP contribution in [-0.2, 0) is 14.3 Å². The molecule has 35 heavy (non-hydrogen) atoms. The van der Waals surface area contributed by atoms with Crippen molar-refractivity contribution in [3.63, 3.8) is 0 Å². The van der Waals surface area contributed by atoms with Crippen molar-refractivity contribution in [1.29, 1.82) is 0 Å². The minimum absolute atomic E-state index is 0.00108. The number of hydrogen-bond acceptors (Lipinski definition) is 4. The van der Waals surface area contributed by atoms with Gasteiger partial charge in [-0.2, -0.15) is 0 Å². The maximum Gasteiger partial charge on any atom is 0.407 e. The van der Waals surface area contributed by atoms with Crippen LogP contribution in [0.1, 0.15) is 56.6 Å². The number of benzene rings is 2. The number of rotatable bonds is 8. The van der Waals surface area contributed by atoms with E-state index >= 15 is 0 Å². The molecule has 186 valence electrons. The van der Waals surface area contributed by atoms with Crippen molar-refractivity contribution in [1.82, 2.24) is 10.6 Å². The van der Waals surface area contributed by atoms with E-state index in [1.165, 1.54) is 11.1 Å². The molecule has 0 spiro atoms. The van der Waals surface area contributed by atoms with Crippen molar-refractivity contribution in [3.8, 4) is 11.1 Å². The molecule has 2 amide bonds. The molecule has 7 heteroatoms. The van der Waals surface area contributed by atoms with Gasteiger partial charge in [-0.15, -0.1) is 0 Å². The fraction of sp³-hybridized carbons (Fsp3) is 0.464. The first-order chi connectivity index (χ1) is 16.8. The largest absolute Gasteiger partial charge is 0.481 e. The van der Waals surface area contributed by atoms with Crippen LogP contribution in [0.2, 0.25) is 0 Å². The molecule has 2 aromatic rings. The average molecular weight is 479 g/mol. The number of nitrogens with one attached hydrogen (secondary N) is 2. The third kappa shape index (κ3) is 5.66. The molecule has 0 saturated heterocycles. The molecule has 0 aromatic heterocycles. The average Bonchev–Trinajstić information content (AvgIpc) is 3.16. The quantitative estimate of drug-likeness (QED) is 0.516. The minimum Gasteiger partial charge on any atom is -0.481 e. The molecule has 7 nitrogen and oxygen atoms in total. The Morgan fingerprint density at radius 2 is 1.63 bits per heavy atom. The van der Waals surface area contributed by atoms with Gasteiger partial charge in [-0.1, -0.05) is 68.8 Å². The van der Waals surface area contributed by atoms with E-state index in [1.54, 1.807) is 0 Å². The molecule has 1 fully saturated rings. The predicted molar refractivity (Wildman–Crippen MR) is 133 cm³/mol. The van der Waals surface area contributed by atoms with Crippen LogP contribution in [-0.4, -0.2) is 42.3 Å². The van der Waals surface area contributed by atoms with Gasteiger partial charge >= 0.3 is 12.1 Å². The summed E-state index contributed by atoms with van der Waals surface area (Å²) in [5.74, 6) is -1.97. The lowest BCUT2D eigenvalue weighted by molar-refractivity contribution is -0.143. The predicted octanol–water partition coefficient (Wildman–Crippen LogP) is 4.56. The zero-order valence-electron chi connectivity index (χ0n) is 20.3. The summed E-state index contributed by atoms with van der Waals surface area (Å²) in [5.41, 5.74) is 4.69. The summed E-state index contributed by atoms with van der Waals surface area (Å²) >= 11 is 0. The molecule has 2 aromatic carbocycles. The molecule has 0 radical (unpaired) electrons. The Labute approximate surface area is 206 Å². The van der Waals surface area contributed by atoms with Gasteiger partial charge in [0.1, 0.15) is 6.61 Å². The summed E-state index contributed by atoms with van der Waals surface area (Å²) in [6.45, 7) is 4.04. The molecule has 4 rings (SSSR count). The van der Waals surface area contributed by atoms with Crippen LogP contribution in [0.15, 0.2) is 48.5 Å². The second-order valence-corrected chi connectivity index (χ2v) is 9.96. The van der Waals surface area contributed by atoms with Crippen LogP contribution < -0.4 is 10.6 Å². The van der Waals surface area contributed by atoms with E-state index < -0.39 is 18.0 Å². The van der Waals surface area contributed by atoms with E-state index in [2.05, 4.69) is 34.9 Å². The number of amides is 2. The standard InChI is InChI=1S/C28H34N2O5/c1-17(2)24(27(32)33)15-29-26(31)18-8-7-9-19(14-18)30-28(34)35-16-25-22-12-5-3-10-20(22)21-11-4-6-13-23(21)25/h3-6,10-13,17-19,24-25H,7-9,14-16H2,1-2H3,(H,29,31)(H,30,34)(H,32,33). The summed E-state index contributed by atoms with van der Waals surface area (Å²) in [6.07, 6.45) is 2.39. The second kappa shape index (κ2) is 10.9. The van der Waals surface area contributed by atoms with Crippen LogP contribution in [0.3, 0.4) is 0 Å². The second-order valence-electron chi connectivity index (χ2n) is 9.96. The van der Waals surface area contributed by atoms with Gasteiger partial charge in [0.25, 0.3) is 0 Å². The monoisotopic (exact) mass is 478 g/mol. The van der Waals surface area contributed by atoms with Gasteiger partial charge in [0, 0.05) is 24.4 Å². The number of carboxylic acids is 1. The molecule has 2 aliphatic rings. The van der Waals surface area contributed by atoms with Crippen LogP contribution in [0.4, 0.5) is 4.79 Å². The Morgan fingerprint density at radius 1 is 1.00 bits per heavy atom. The molecule has 0 aliphatic heterocycles. The maximum atomic E-state index is 12.7. The normalized spacial score (nSPS) is 20.0. The minimum atomic E-state index is -0.904. The maximum absolute atomic E-state index is 12.7. The van der Waals surface area contributed by atoms with E-state index in [1.807, 2.05) is 38.1 Å². The molecular formula is C28H34N2O5. The lowest BCUT2D eigenvalue weighted by Crippen LogP contribution is -2.44. The van der Waals surface area contributed by atoms with Gasteiger partial charge in [0.05, 0.1) is 5.92 Å². The van der Waals surface area contributed by atoms with Crippen molar-refractivity contribution in [3.05, 3.63) is 59.7 Å². The van der Waals surface area contributed by atoms with E-state index in [0.717, 1.165) is 30.4 Å². The highest BCUT2D eigenvalue weighted by Gasteiger charge is 2.32. The molecule has 3 N–H and O–H groups in total. The summed E-state index contributed by atoms with van der Waals surface area (Å²) in [5, 5.41) is 15.1. The van der Waals surface area contributed by atoms with Gasteiger partial charge in [0.15, 0.2) is 0 Å². The summed E-state index contributed by atoms with van der Waals surface area (Å²) in [7, 11) is 0. The van der Waals surface area contributed by atoms with Crippen molar-refractivity contribution in [2.45, 2.75) is 51.5 Å².